The summed E-state index contributed by atoms with van der Waals surface area (Å²) in [5, 5.41) is 13.2. The summed E-state index contributed by atoms with van der Waals surface area (Å²) in [4.78, 5) is 28.0. The van der Waals surface area contributed by atoms with Gasteiger partial charge in [0, 0.05) is 16.6 Å². The van der Waals surface area contributed by atoms with Gasteiger partial charge in [-0.15, -0.1) is 11.3 Å². The van der Waals surface area contributed by atoms with E-state index in [4.69, 9.17) is 23.2 Å². The van der Waals surface area contributed by atoms with Gasteiger partial charge in [-0.3, -0.25) is 9.59 Å². The van der Waals surface area contributed by atoms with Crippen LogP contribution in [0, 0.1) is 0 Å². The van der Waals surface area contributed by atoms with E-state index in [1.807, 2.05) is 30.3 Å². The van der Waals surface area contributed by atoms with Crippen LogP contribution < -0.4 is 0 Å². The van der Waals surface area contributed by atoms with Crippen molar-refractivity contribution in [3.63, 3.8) is 0 Å². The molecule has 1 aromatic heterocycles. The molecule has 1 N–H and O–H groups in total. The van der Waals surface area contributed by atoms with Gasteiger partial charge in [-0.05, 0) is 34.7 Å². The van der Waals surface area contributed by atoms with Gasteiger partial charge in [-0.25, -0.2) is 0 Å². The summed E-state index contributed by atoms with van der Waals surface area (Å²) in [5.41, 5.74) is 1.43. The van der Waals surface area contributed by atoms with Crippen molar-refractivity contribution in [3.8, 4) is 0 Å². The average Bonchev–Trinajstić information content (AvgIpc) is 3.32. The van der Waals surface area contributed by atoms with Crippen molar-refractivity contribution in [1.29, 1.82) is 0 Å². The molecule has 7 heteroatoms. The molecule has 0 saturated carbocycles. The highest BCUT2D eigenvalue weighted by molar-refractivity contribution is 7.12. The van der Waals surface area contributed by atoms with Crippen LogP contribution >= 0.6 is 34.5 Å². The lowest BCUT2D eigenvalue weighted by atomic mass is 9.95. The van der Waals surface area contributed by atoms with Crippen LogP contribution in [0.1, 0.15) is 26.8 Å². The molecule has 1 aliphatic heterocycles. The first-order chi connectivity index (χ1) is 14.0. The minimum atomic E-state index is -0.818. The first kappa shape index (κ1) is 19.7. The number of aliphatic hydroxyl groups excluding tert-OH is 1. The minimum absolute atomic E-state index is 0.0256. The van der Waals surface area contributed by atoms with Crippen molar-refractivity contribution in [1.82, 2.24) is 4.90 Å². The Hall–Kier alpha value is -2.60. The number of thiophene rings is 1. The van der Waals surface area contributed by atoms with E-state index >= 15 is 0 Å². The van der Waals surface area contributed by atoms with Crippen LogP contribution in [0.3, 0.4) is 0 Å². The lowest BCUT2D eigenvalue weighted by molar-refractivity contribution is -0.130. The predicted octanol–water partition coefficient (Wildman–Crippen LogP) is 5.83. The normalized spacial score (nSPS) is 16.6. The molecule has 0 radical (unpaired) electrons. The molecule has 1 amide bonds. The summed E-state index contributed by atoms with van der Waals surface area (Å²) < 4.78 is 0. The Balaban J connectivity index is 1.84. The Morgan fingerprint density at radius 2 is 1.83 bits per heavy atom. The Labute approximate surface area is 181 Å². The Morgan fingerprint density at radius 3 is 2.48 bits per heavy atom. The van der Waals surface area contributed by atoms with Gasteiger partial charge < -0.3 is 10.0 Å². The van der Waals surface area contributed by atoms with Crippen LogP contribution in [0.25, 0.3) is 0 Å². The highest BCUT2D eigenvalue weighted by Gasteiger charge is 2.44. The average molecular weight is 444 g/mol. The van der Waals surface area contributed by atoms with Crippen molar-refractivity contribution in [2.24, 2.45) is 0 Å². The molecule has 1 aliphatic rings. The fourth-order valence-electron chi connectivity index (χ4n) is 3.42. The van der Waals surface area contributed by atoms with Crippen molar-refractivity contribution in [2.75, 3.05) is 0 Å². The molecule has 0 spiro atoms. The molecule has 0 bridgehead atoms. The van der Waals surface area contributed by atoms with Gasteiger partial charge in [0.1, 0.15) is 0 Å². The molecule has 3 aromatic rings. The predicted molar refractivity (Wildman–Crippen MR) is 114 cm³/mol. The number of aliphatic hydroxyl groups is 1. The highest BCUT2D eigenvalue weighted by Crippen LogP contribution is 2.43. The van der Waals surface area contributed by atoms with E-state index < -0.39 is 23.5 Å². The Bertz CT molecular complexity index is 1110. The zero-order valence-electron chi connectivity index (χ0n) is 15.0. The van der Waals surface area contributed by atoms with Gasteiger partial charge in [0.25, 0.3) is 5.91 Å². The number of nitrogens with zero attached hydrogens (tertiary/aromatic N) is 1. The largest absolute Gasteiger partial charge is 0.503 e. The second-order valence-electron chi connectivity index (χ2n) is 6.56. The summed E-state index contributed by atoms with van der Waals surface area (Å²) in [6.45, 7) is 0.217. The maximum atomic E-state index is 13.2. The molecule has 1 atom stereocenters. The number of carbonyl (C=O) groups excluding carboxylic acids is 2. The van der Waals surface area contributed by atoms with Crippen LogP contribution in [0.4, 0.5) is 0 Å². The third kappa shape index (κ3) is 3.69. The number of ketones is 1. The monoisotopic (exact) mass is 443 g/mol. The number of benzene rings is 2. The standard InChI is InChI=1S/C22H15Cl2NO3S/c23-14-8-9-15(16(24)11-14)19-18(20(26)17-7-4-10-29-17)21(27)22(28)25(19)12-13-5-2-1-3-6-13/h1-11,19,27H,12H2. The first-order valence-electron chi connectivity index (χ1n) is 8.78. The summed E-state index contributed by atoms with van der Waals surface area (Å²) in [7, 11) is 0. The van der Waals surface area contributed by atoms with Gasteiger partial charge in [-0.1, -0.05) is 65.7 Å². The zero-order valence-corrected chi connectivity index (χ0v) is 17.3. The smallest absolute Gasteiger partial charge is 0.290 e. The van der Waals surface area contributed by atoms with E-state index in [0.717, 1.165) is 5.56 Å². The maximum Gasteiger partial charge on any atom is 0.290 e. The lowest BCUT2D eigenvalue weighted by Gasteiger charge is -2.27. The quantitative estimate of drug-likeness (QED) is 0.504. The summed E-state index contributed by atoms with van der Waals surface area (Å²) >= 11 is 13.7. The number of hydrogen-bond donors (Lipinski definition) is 1. The molecule has 146 valence electrons. The van der Waals surface area contributed by atoms with Crippen LogP contribution in [0.2, 0.25) is 10.0 Å². The topological polar surface area (TPSA) is 57.6 Å². The fourth-order valence-corrected chi connectivity index (χ4v) is 4.61. The maximum absolute atomic E-state index is 13.2. The van der Waals surface area contributed by atoms with Gasteiger partial charge in [0.15, 0.2) is 5.76 Å². The number of amides is 1. The van der Waals surface area contributed by atoms with Crippen molar-refractivity contribution in [3.05, 3.63) is 103 Å². The Morgan fingerprint density at radius 1 is 1.07 bits per heavy atom. The number of Topliss-reactive ketones (excluding diaryl/α,β-unsaturated/α-hetero) is 1. The Kier molecular flexibility index (Phi) is 5.46. The van der Waals surface area contributed by atoms with E-state index in [1.54, 1.807) is 35.7 Å². The van der Waals surface area contributed by atoms with Crippen molar-refractivity contribution >= 4 is 46.2 Å². The first-order valence-corrected chi connectivity index (χ1v) is 10.4. The van der Waals surface area contributed by atoms with Gasteiger partial charge in [-0.2, -0.15) is 0 Å². The number of carbonyl (C=O) groups is 2. The van der Waals surface area contributed by atoms with Gasteiger partial charge in [0.05, 0.1) is 16.5 Å². The zero-order chi connectivity index (χ0) is 20.5. The van der Waals surface area contributed by atoms with Crippen LogP contribution in [0.15, 0.2) is 77.4 Å². The summed E-state index contributed by atoms with van der Waals surface area (Å²) in [6.07, 6.45) is 0. The van der Waals surface area contributed by atoms with E-state index in [0.29, 0.717) is 20.5 Å². The highest BCUT2D eigenvalue weighted by atomic mass is 35.5. The lowest BCUT2D eigenvalue weighted by Crippen LogP contribution is -2.30. The van der Waals surface area contributed by atoms with E-state index in [2.05, 4.69) is 0 Å². The summed E-state index contributed by atoms with van der Waals surface area (Å²) in [6, 6.07) is 16.9. The molecule has 2 aromatic carbocycles. The number of rotatable bonds is 5. The molecular formula is C22H15Cl2NO3S. The number of halogens is 2. The molecule has 1 unspecified atom stereocenters. The van der Waals surface area contributed by atoms with Crippen LogP contribution in [0.5, 0.6) is 0 Å². The molecular weight excluding hydrogens is 429 g/mol. The number of hydrogen-bond acceptors (Lipinski definition) is 4. The third-order valence-corrected chi connectivity index (χ3v) is 6.18. The minimum Gasteiger partial charge on any atom is -0.503 e. The molecule has 29 heavy (non-hydrogen) atoms. The second kappa shape index (κ2) is 8.03. The molecule has 4 rings (SSSR count). The van der Waals surface area contributed by atoms with Crippen LogP contribution in [-0.2, 0) is 11.3 Å². The van der Waals surface area contributed by atoms with E-state index in [1.165, 1.54) is 16.2 Å². The molecule has 0 saturated heterocycles. The SMILES string of the molecule is O=C(C1=C(O)C(=O)N(Cc2ccccc2)C1c1ccc(Cl)cc1Cl)c1cccs1. The van der Waals surface area contributed by atoms with Gasteiger partial charge >= 0.3 is 0 Å². The van der Waals surface area contributed by atoms with E-state index in [9.17, 15) is 14.7 Å². The molecule has 0 fully saturated rings. The van der Waals surface area contributed by atoms with Crippen molar-refractivity contribution in [2.45, 2.75) is 12.6 Å². The van der Waals surface area contributed by atoms with Gasteiger partial charge in [0.2, 0.25) is 5.78 Å². The third-order valence-electron chi connectivity index (χ3n) is 4.75. The van der Waals surface area contributed by atoms with Crippen LogP contribution in [-0.4, -0.2) is 21.7 Å². The molecule has 2 heterocycles. The molecule has 0 aliphatic carbocycles. The fraction of sp³-hybridized carbons (Fsp3) is 0.0909. The summed E-state index contributed by atoms with van der Waals surface area (Å²) in [5.74, 6) is -1.54. The molecule has 4 nitrogen and oxygen atoms in total. The van der Waals surface area contributed by atoms with E-state index in [-0.39, 0.29) is 12.1 Å². The second-order valence-corrected chi connectivity index (χ2v) is 8.35. The van der Waals surface area contributed by atoms with Crippen molar-refractivity contribution < 1.29 is 14.7 Å².